The molecule has 1 aliphatic rings. The van der Waals surface area contributed by atoms with Gasteiger partial charge in [0.1, 0.15) is 22.7 Å². The van der Waals surface area contributed by atoms with Gasteiger partial charge in [0.2, 0.25) is 0 Å². The maximum Gasteiger partial charge on any atom is 0.408 e. The van der Waals surface area contributed by atoms with Crippen LogP contribution in [0, 0.1) is 0 Å². The molecule has 0 unspecified atom stereocenters. The zero-order valence-corrected chi connectivity index (χ0v) is 19.7. The highest BCUT2D eigenvalue weighted by Crippen LogP contribution is 2.56. The van der Waals surface area contributed by atoms with Crippen LogP contribution in [-0.2, 0) is 19.4 Å². The zero-order chi connectivity index (χ0) is 22.3. The first kappa shape index (κ1) is 22.8. The van der Waals surface area contributed by atoms with E-state index in [-0.39, 0.29) is 4.90 Å². The lowest BCUT2D eigenvalue weighted by atomic mass is 10.1. The van der Waals surface area contributed by atoms with Crippen LogP contribution >= 0.6 is 27.5 Å². The van der Waals surface area contributed by atoms with Gasteiger partial charge in [-0.05, 0) is 62.7 Å². The van der Waals surface area contributed by atoms with Crippen LogP contribution in [-0.4, -0.2) is 37.2 Å². The molecule has 0 bridgehead atoms. The predicted molar refractivity (Wildman–Crippen MR) is 117 cm³/mol. The fourth-order valence-electron chi connectivity index (χ4n) is 3.50. The maximum absolute atomic E-state index is 13.4. The molecule has 1 fully saturated rings. The van der Waals surface area contributed by atoms with E-state index in [2.05, 4.69) is 21.2 Å². The van der Waals surface area contributed by atoms with E-state index in [1.807, 2.05) is 0 Å². The Bertz CT molecular complexity index is 1060. The number of aldehydes is 1. The summed E-state index contributed by atoms with van der Waals surface area (Å²) >= 11 is 9.22. The van der Waals surface area contributed by atoms with Gasteiger partial charge < -0.3 is 14.8 Å². The van der Waals surface area contributed by atoms with Crippen LogP contribution in [0.1, 0.15) is 32.3 Å². The van der Waals surface area contributed by atoms with Gasteiger partial charge >= 0.3 is 6.09 Å². The Hall–Kier alpha value is -1.90. The van der Waals surface area contributed by atoms with E-state index in [1.165, 1.54) is 24.3 Å². The normalized spacial score (nSPS) is 23.5. The van der Waals surface area contributed by atoms with E-state index in [0.717, 1.165) is 4.47 Å². The quantitative estimate of drug-likeness (QED) is 0.593. The van der Waals surface area contributed by atoms with Gasteiger partial charge in [-0.25, -0.2) is 13.2 Å². The highest BCUT2D eigenvalue weighted by atomic mass is 79.9. The molecular formula is C21H21BrClNO5S. The molecule has 3 rings (SSSR count). The molecule has 1 aliphatic carbocycles. The summed E-state index contributed by atoms with van der Waals surface area (Å²) in [4.78, 5) is 24.7. The molecule has 0 radical (unpaired) electrons. The predicted octanol–water partition coefficient (Wildman–Crippen LogP) is 4.50. The largest absolute Gasteiger partial charge is 0.444 e. The fraction of sp³-hybridized carbons (Fsp3) is 0.333. The van der Waals surface area contributed by atoms with Crippen LogP contribution in [0.5, 0.6) is 0 Å². The number of sulfone groups is 1. The van der Waals surface area contributed by atoms with Crippen LogP contribution in [0.3, 0.4) is 0 Å². The van der Waals surface area contributed by atoms with E-state index >= 15 is 0 Å². The van der Waals surface area contributed by atoms with E-state index in [1.54, 1.807) is 45.0 Å². The highest BCUT2D eigenvalue weighted by molar-refractivity contribution is 9.10. The van der Waals surface area contributed by atoms with Crippen molar-refractivity contribution in [3.05, 3.63) is 63.6 Å². The number of carbonyl (C=O) groups excluding carboxylic acids is 2. The summed E-state index contributed by atoms with van der Waals surface area (Å²) in [5.41, 5.74) is -1.83. The number of alkyl carbamates (subject to hydrolysis) is 1. The van der Waals surface area contributed by atoms with Gasteiger partial charge in [0.05, 0.1) is 4.90 Å². The van der Waals surface area contributed by atoms with Gasteiger partial charge in [-0.15, -0.1) is 0 Å². The Labute approximate surface area is 189 Å². The van der Waals surface area contributed by atoms with E-state index in [0.29, 0.717) is 16.9 Å². The molecule has 0 aromatic heterocycles. The number of rotatable bonds is 5. The summed E-state index contributed by atoms with van der Waals surface area (Å²) in [7, 11) is -3.97. The number of nitrogens with one attached hydrogen (secondary N) is 1. The van der Waals surface area contributed by atoms with Crippen molar-refractivity contribution < 1.29 is 22.7 Å². The van der Waals surface area contributed by atoms with Crippen LogP contribution in [0.25, 0.3) is 0 Å². The van der Waals surface area contributed by atoms with Crippen LogP contribution in [0.2, 0.25) is 5.02 Å². The average Bonchev–Trinajstić information content (AvgIpc) is 3.30. The Morgan fingerprint density at radius 3 is 2.20 bits per heavy atom. The summed E-state index contributed by atoms with van der Waals surface area (Å²) in [6.45, 7) is 5.05. The van der Waals surface area contributed by atoms with Gasteiger partial charge in [-0.1, -0.05) is 39.7 Å². The molecule has 1 amide bonds. The van der Waals surface area contributed by atoms with Gasteiger partial charge in [-0.2, -0.15) is 0 Å². The first-order chi connectivity index (χ1) is 13.9. The van der Waals surface area contributed by atoms with Crippen molar-refractivity contribution in [1.29, 1.82) is 0 Å². The number of ether oxygens (including phenoxy) is 1. The maximum atomic E-state index is 13.4. The molecule has 0 aliphatic heterocycles. The van der Waals surface area contributed by atoms with Crippen molar-refractivity contribution in [1.82, 2.24) is 5.32 Å². The van der Waals surface area contributed by atoms with E-state index in [4.69, 9.17) is 16.3 Å². The molecule has 160 valence electrons. The fourth-order valence-corrected chi connectivity index (χ4v) is 6.14. The Morgan fingerprint density at radius 1 is 1.13 bits per heavy atom. The van der Waals surface area contributed by atoms with E-state index in [9.17, 15) is 18.0 Å². The number of carbonyl (C=O) groups is 2. The summed E-state index contributed by atoms with van der Waals surface area (Å²) in [6.07, 6.45) is -0.368. The second-order valence-corrected chi connectivity index (χ2v) is 11.5. The minimum Gasteiger partial charge on any atom is -0.444 e. The average molecular weight is 515 g/mol. The van der Waals surface area contributed by atoms with Crippen molar-refractivity contribution >= 4 is 49.7 Å². The second-order valence-electron chi connectivity index (χ2n) is 8.13. The smallest absolute Gasteiger partial charge is 0.408 e. The highest BCUT2D eigenvalue weighted by Gasteiger charge is 2.73. The molecule has 6 nitrogen and oxygen atoms in total. The van der Waals surface area contributed by atoms with E-state index < -0.39 is 38.2 Å². The summed E-state index contributed by atoms with van der Waals surface area (Å²) in [5, 5.41) is 1.74. The minimum atomic E-state index is -3.97. The lowest BCUT2D eigenvalue weighted by molar-refractivity contribution is -0.110. The SMILES string of the molecule is CC(C)(C)OC(=O)N[C@@]1(C=O)[C@@H](c2ccc(Br)cc2)[C@@H]1S(=O)(=O)c1ccc(Cl)cc1. The van der Waals surface area contributed by atoms with Crippen molar-refractivity contribution in [3.63, 3.8) is 0 Å². The zero-order valence-electron chi connectivity index (χ0n) is 16.6. The lowest BCUT2D eigenvalue weighted by Gasteiger charge is -2.22. The number of hydrogen-bond donors (Lipinski definition) is 1. The molecule has 0 spiro atoms. The van der Waals surface area contributed by atoms with Crippen LogP contribution < -0.4 is 5.32 Å². The summed E-state index contributed by atoms with van der Waals surface area (Å²) in [5.74, 6) is -0.767. The van der Waals surface area contributed by atoms with Crippen molar-refractivity contribution in [2.75, 3.05) is 0 Å². The van der Waals surface area contributed by atoms with Crippen LogP contribution in [0.4, 0.5) is 4.79 Å². The third-order valence-electron chi connectivity index (χ3n) is 4.80. The van der Waals surface area contributed by atoms with Crippen molar-refractivity contribution in [3.8, 4) is 0 Å². The standard InChI is InChI=1S/C21H21BrClNO5S/c1-20(2,3)29-19(26)24-21(12-25)17(13-4-6-14(22)7-5-13)18(21)30(27,28)16-10-8-15(23)9-11-16/h4-12,17-18H,1-3H3,(H,24,26)/t17-,18-,21-/m0/s1. The monoisotopic (exact) mass is 513 g/mol. The Morgan fingerprint density at radius 2 is 1.70 bits per heavy atom. The number of amides is 1. The second kappa shape index (κ2) is 7.98. The molecule has 1 N–H and O–H groups in total. The molecule has 1 saturated carbocycles. The van der Waals surface area contributed by atoms with Crippen molar-refractivity contribution in [2.45, 2.75) is 48.0 Å². The lowest BCUT2D eigenvalue weighted by Crippen LogP contribution is -2.45. The third kappa shape index (κ3) is 4.40. The molecule has 2 aromatic carbocycles. The van der Waals surface area contributed by atoms with Crippen molar-refractivity contribution in [2.24, 2.45) is 0 Å². The number of halogens is 2. The minimum absolute atomic E-state index is 0.0220. The first-order valence-corrected chi connectivity index (χ1v) is 11.8. The first-order valence-electron chi connectivity index (χ1n) is 9.13. The topological polar surface area (TPSA) is 89.5 Å². The van der Waals surface area contributed by atoms with Gasteiger partial charge in [-0.3, -0.25) is 0 Å². The Balaban J connectivity index is 2.04. The molecular weight excluding hydrogens is 494 g/mol. The summed E-state index contributed by atoms with van der Waals surface area (Å²) < 4.78 is 32.9. The molecule has 0 heterocycles. The van der Waals surface area contributed by atoms with Gasteiger partial charge in [0.25, 0.3) is 0 Å². The summed E-state index contributed by atoms with van der Waals surface area (Å²) in [6, 6.07) is 12.7. The Kier molecular flexibility index (Phi) is 6.06. The van der Waals surface area contributed by atoms with Gasteiger partial charge in [0.15, 0.2) is 9.84 Å². The number of benzene rings is 2. The van der Waals surface area contributed by atoms with Crippen LogP contribution in [0.15, 0.2) is 57.9 Å². The molecule has 3 atom stereocenters. The molecule has 2 aromatic rings. The third-order valence-corrected chi connectivity index (χ3v) is 7.84. The van der Waals surface area contributed by atoms with Gasteiger partial charge in [0, 0.05) is 15.4 Å². The molecule has 9 heteroatoms. The molecule has 0 saturated heterocycles. The molecule has 30 heavy (non-hydrogen) atoms. The number of hydrogen-bond acceptors (Lipinski definition) is 5.